The van der Waals surface area contributed by atoms with Crippen molar-refractivity contribution in [2.45, 2.75) is 25.3 Å². The van der Waals surface area contributed by atoms with E-state index >= 15 is 0 Å². The highest BCUT2D eigenvalue weighted by Crippen LogP contribution is 2.37. The van der Waals surface area contributed by atoms with Gasteiger partial charge in [0.25, 0.3) is 5.91 Å². The number of halogens is 1. The van der Waals surface area contributed by atoms with Gasteiger partial charge in [0.15, 0.2) is 0 Å². The fourth-order valence-electron chi connectivity index (χ4n) is 5.06. The van der Waals surface area contributed by atoms with Crippen molar-refractivity contribution in [1.29, 1.82) is 0 Å². The zero-order valence-corrected chi connectivity index (χ0v) is 22.5. The zero-order chi connectivity index (χ0) is 27.4. The summed E-state index contributed by atoms with van der Waals surface area (Å²) in [5.41, 5.74) is 2.19. The Morgan fingerprint density at radius 2 is 1.82 bits per heavy atom. The molecule has 10 heteroatoms. The first kappa shape index (κ1) is 27.1. The van der Waals surface area contributed by atoms with Crippen molar-refractivity contribution in [3.8, 4) is 11.5 Å². The van der Waals surface area contributed by atoms with Gasteiger partial charge in [-0.2, -0.15) is 5.10 Å². The molecule has 2 aliphatic heterocycles. The minimum absolute atomic E-state index is 0.00316. The fourth-order valence-corrected chi connectivity index (χ4v) is 5.06. The van der Waals surface area contributed by atoms with Crippen molar-refractivity contribution in [1.82, 2.24) is 14.8 Å². The van der Waals surface area contributed by atoms with E-state index in [-0.39, 0.29) is 30.1 Å². The Balaban J connectivity index is 1.40. The lowest BCUT2D eigenvalue weighted by atomic mass is 9.97. The molecule has 2 aromatic carbocycles. The molecule has 2 amide bonds. The van der Waals surface area contributed by atoms with Crippen molar-refractivity contribution < 1.29 is 28.2 Å². The van der Waals surface area contributed by atoms with Crippen LogP contribution in [0.25, 0.3) is 0 Å². The van der Waals surface area contributed by atoms with E-state index in [1.807, 2.05) is 12.1 Å². The molecular weight excluding hydrogens is 503 g/mol. The fraction of sp³-hybridized carbons (Fsp3) is 0.483. The molecule has 0 N–H and O–H groups in total. The Labute approximate surface area is 228 Å². The third-order valence-corrected chi connectivity index (χ3v) is 7.49. The Morgan fingerprint density at radius 1 is 1.08 bits per heavy atom. The lowest BCUT2D eigenvalue weighted by Gasteiger charge is -2.31. The summed E-state index contributed by atoms with van der Waals surface area (Å²) in [6, 6.07) is 11.1. The molecule has 0 aromatic heterocycles. The summed E-state index contributed by atoms with van der Waals surface area (Å²) in [4.78, 5) is 30.9. The van der Waals surface area contributed by atoms with Crippen molar-refractivity contribution in [3.63, 3.8) is 0 Å². The van der Waals surface area contributed by atoms with Gasteiger partial charge in [-0.25, -0.2) is 9.40 Å². The van der Waals surface area contributed by atoms with Crippen LogP contribution in [0.15, 0.2) is 47.6 Å². The molecule has 1 saturated carbocycles. The first-order valence-electron chi connectivity index (χ1n) is 13.4. The molecule has 0 bridgehead atoms. The predicted octanol–water partition coefficient (Wildman–Crippen LogP) is 3.09. The van der Waals surface area contributed by atoms with Crippen LogP contribution in [0.2, 0.25) is 0 Å². The van der Waals surface area contributed by atoms with Crippen molar-refractivity contribution in [3.05, 3.63) is 59.4 Å². The van der Waals surface area contributed by atoms with Gasteiger partial charge in [-0.3, -0.25) is 14.5 Å². The number of benzene rings is 2. The highest BCUT2D eigenvalue weighted by Gasteiger charge is 2.38. The summed E-state index contributed by atoms with van der Waals surface area (Å²) in [7, 11) is 3.16. The SMILES string of the molecule is COc1ccc(C2=NN(C(=O)CN(CCN3CCOCC3)C(=O)C3CC3)[C@@H](c3ccc(F)cc3)C2)c(OC)c1. The Hall–Kier alpha value is -3.50. The molecule has 2 aromatic rings. The average molecular weight is 539 g/mol. The van der Waals surface area contributed by atoms with E-state index < -0.39 is 6.04 Å². The quantitative estimate of drug-likeness (QED) is 0.462. The van der Waals surface area contributed by atoms with Crippen LogP contribution in [0.1, 0.15) is 36.4 Å². The second-order valence-corrected chi connectivity index (χ2v) is 10.1. The summed E-state index contributed by atoms with van der Waals surface area (Å²) in [5, 5.41) is 6.20. The number of amides is 2. The number of hydrogen-bond acceptors (Lipinski definition) is 7. The van der Waals surface area contributed by atoms with Crippen LogP contribution in [0.3, 0.4) is 0 Å². The minimum Gasteiger partial charge on any atom is -0.497 e. The standard InChI is InChI=1S/C29H35FN4O5/c1-37-23-9-10-24(27(17-23)38-2)25-18-26(20-5-7-22(30)8-6-20)34(31-25)28(35)19-33(29(36)21-3-4-21)12-11-32-13-15-39-16-14-32/h5-10,17,21,26H,3-4,11-16,18-19H2,1-2H3/t26-/m1/s1. The number of methoxy groups -OCH3 is 2. The largest absolute Gasteiger partial charge is 0.497 e. The number of carbonyl (C=O) groups is 2. The average Bonchev–Trinajstić information content (AvgIpc) is 3.73. The van der Waals surface area contributed by atoms with Crippen LogP contribution >= 0.6 is 0 Å². The van der Waals surface area contributed by atoms with E-state index in [4.69, 9.17) is 19.3 Å². The molecule has 208 valence electrons. The maximum atomic E-state index is 13.8. The highest BCUT2D eigenvalue weighted by atomic mass is 19.1. The maximum absolute atomic E-state index is 13.8. The van der Waals surface area contributed by atoms with E-state index in [0.717, 1.165) is 37.1 Å². The number of carbonyl (C=O) groups excluding carboxylic acids is 2. The number of rotatable bonds is 10. The molecule has 0 unspecified atom stereocenters. The molecule has 2 heterocycles. The number of morpholine rings is 1. The third-order valence-electron chi connectivity index (χ3n) is 7.49. The smallest absolute Gasteiger partial charge is 0.262 e. The van der Waals surface area contributed by atoms with Gasteiger partial charge in [0.05, 0.1) is 39.2 Å². The summed E-state index contributed by atoms with van der Waals surface area (Å²) in [5.74, 6) is 0.620. The molecule has 1 atom stereocenters. The van der Waals surface area contributed by atoms with Gasteiger partial charge in [-0.15, -0.1) is 0 Å². The van der Waals surface area contributed by atoms with Crippen molar-refractivity contribution in [2.75, 3.05) is 60.2 Å². The Bertz CT molecular complexity index is 1210. The molecule has 9 nitrogen and oxygen atoms in total. The summed E-state index contributed by atoms with van der Waals surface area (Å²) in [6.45, 7) is 4.08. The second kappa shape index (κ2) is 12.1. The van der Waals surface area contributed by atoms with Crippen LogP contribution in [-0.2, 0) is 14.3 Å². The number of hydrogen-bond donors (Lipinski definition) is 0. The van der Waals surface area contributed by atoms with E-state index in [1.165, 1.54) is 17.1 Å². The van der Waals surface area contributed by atoms with Crippen LogP contribution in [-0.4, -0.2) is 92.5 Å². The minimum atomic E-state index is -0.433. The van der Waals surface area contributed by atoms with Gasteiger partial charge < -0.3 is 19.1 Å². The molecule has 3 aliphatic rings. The maximum Gasteiger partial charge on any atom is 0.262 e. The van der Waals surface area contributed by atoms with E-state index in [0.29, 0.717) is 49.9 Å². The number of ether oxygens (including phenoxy) is 3. The van der Waals surface area contributed by atoms with Crippen molar-refractivity contribution in [2.24, 2.45) is 11.0 Å². The first-order chi connectivity index (χ1) is 19.0. The third kappa shape index (κ3) is 6.39. The number of hydrazone groups is 1. The molecule has 0 radical (unpaired) electrons. The number of nitrogens with zero attached hydrogens (tertiary/aromatic N) is 4. The van der Waals surface area contributed by atoms with Gasteiger partial charge in [-0.1, -0.05) is 12.1 Å². The van der Waals surface area contributed by atoms with Crippen molar-refractivity contribution >= 4 is 17.5 Å². The van der Waals surface area contributed by atoms with Crippen LogP contribution in [0.4, 0.5) is 4.39 Å². The van der Waals surface area contributed by atoms with E-state index in [1.54, 1.807) is 37.3 Å². The molecule has 1 aliphatic carbocycles. The lowest BCUT2D eigenvalue weighted by molar-refractivity contribution is -0.142. The van der Waals surface area contributed by atoms with Gasteiger partial charge in [0, 0.05) is 50.1 Å². The summed E-state index contributed by atoms with van der Waals surface area (Å²) >= 11 is 0. The molecule has 1 saturated heterocycles. The predicted molar refractivity (Wildman–Crippen MR) is 143 cm³/mol. The first-order valence-corrected chi connectivity index (χ1v) is 13.4. The molecule has 39 heavy (non-hydrogen) atoms. The summed E-state index contributed by atoms with van der Waals surface area (Å²) in [6.07, 6.45) is 2.15. The molecule has 5 rings (SSSR count). The Morgan fingerprint density at radius 3 is 2.49 bits per heavy atom. The molecule has 0 spiro atoms. The molecule has 2 fully saturated rings. The van der Waals surface area contributed by atoms with E-state index in [9.17, 15) is 14.0 Å². The second-order valence-electron chi connectivity index (χ2n) is 10.1. The zero-order valence-electron chi connectivity index (χ0n) is 22.5. The topological polar surface area (TPSA) is 83.9 Å². The van der Waals surface area contributed by atoms with Gasteiger partial charge in [0.2, 0.25) is 5.91 Å². The monoisotopic (exact) mass is 538 g/mol. The van der Waals surface area contributed by atoms with Crippen LogP contribution < -0.4 is 9.47 Å². The highest BCUT2D eigenvalue weighted by molar-refractivity contribution is 6.05. The summed E-state index contributed by atoms with van der Waals surface area (Å²) < 4.78 is 30.1. The lowest BCUT2D eigenvalue weighted by Crippen LogP contribution is -2.47. The van der Waals surface area contributed by atoms with Crippen LogP contribution in [0.5, 0.6) is 11.5 Å². The van der Waals surface area contributed by atoms with Gasteiger partial charge in [-0.05, 0) is 42.7 Å². The molecular formula is C29H35FN4O5. The van der Waals surface area contributed by atoms with E-state index in [2.05, 4.69) is 4.90 Å². The Kier molecular flexibility index (Phi) is 8.42. The van der Waals surface area contributed by atoms with Gasteiger partial charge in [0.1, 0.15) is 23.9 Å². The van der Waals surface area contributed by atoms with Crippen LogP contribution in [0, 0.1) is 11.7 Å². The normalized spacial score (nSPS) is 19.5. The van der Waals surface area contributed by atoms with Gasteiger partial charge >= 0.3 is 0 Å².